The van der Waals surface area contributed by atoms with E-state index in [2.05, 4.69) is 12.6 Å². The number of benzene rings is 1. The van der Waals surface area contributed by atoms with Crippen LogP contribution in [0, 0.1) is 0 Å². The lowest BCUT2D eigenvalue weighted by Gasteiger charge is -2.32. The Balaban J connectivity index is 2.40. The highest BCUT2D eigenvalue weighted by Gasteiger charge is 2.30. The molecule has 0 fully saturated rings. The van der Waals surface area contributed by atoms with Gasteiger partial charge in [-0.2, -0.15) is 12.6 Å². The smallest absolute Gasteiger partial charge is 0.267 e. The zero-order chi connectivity index (χ0) is 10.8. The number of rotatable bonds is 2. The van der Waals surface area contributed by atoms with Gasteiger partial charge in [-0.05, 0) is 19.1 Å². The first-order valence-electron chi connectivity index (χ1n) is 4.92. The molecule has 80 valence electrons. The Bertz CT molecular complexity index is 381. The zero-order valence-corrected chi connectivity index (χ0v) is 9.41. The van der Waals surface area contributed by atoms with Gasteiger partial charge in [0, 0.05) is 12.3 Å². The third-order valence-electron chi connectivity index (χ3n) is 2.40. The van der Waals surface area contributed by atoms with E-state index in [1.807, 2.05) is 24.3 Å². The molecule has 0 saturated carbocycles. The standard InChI is InChI=1S/C11H13NO2S/c1-8-11(13)12(6-7-15)9-4-2-3-5-10(9)14-8/h2-5,8,15H,6-7H2,1H3. The van der Waals surface area contributed by atoms with Crippen molar-refractivity contribution in [2.45, 2.75) is 13.0 Å². The van der Waals surface area contributed by atoms with E-state index in [-0.39, 0.29) is 5.91 Å². The van der Waals surface area contributed by atoms with Gasteiger partial charge in [0.05, 0.1) is 5.69 Å². The highest BCUT2D eigenvalue weighted by Crippen LogP contribution is 2.33. The van der Waals surface area contributed by atoms with Gasteiger partial charge in [-0.25, -0.2) is 0 Å². The number of ether oxygens (including phenoxy) is 1. The number of nitrogens with zero attached hydrogens (tertiary/aromatic N) is 1. The van der Waals surface area contributed by atoms with E-state index < -0.39 is 6.10 Å². The molecule has 1 aromatic carbocycles. The summed E-state index contributed by atoms with van der Waals surface area (Å²) < 4.78 is 5.50. The van der Waals surface area contributed by atoms with Gasteiger partial charge in [0.15, 0.2) is 6.10 Å². The Morgan fingerprint density at radius 2 is 2.20 bits per heavy atom. The maximum Gasteiger partial charge on any atom is 0.267 e. The van der Waals surface area contributed by atoms with Crippen LogP contribution in [0.4, 0.5) is 5.69 Å². The molecule has 4 heteroatoms. The first-order valence-corrected chi connectivity index (χ1v) is 5.55. The summed E-state index contributed by atoms with van der Waals surface area (Å²) in [5.41, 5.74) is 0.842. The summed E-state index contributed by atoms with van der Waals surface area (Å²) in [6.07, 6.45) is -0.403. The number of hydrogen-bond acceptors (Lipinski definition) is 3. The molecule has 0 saturated heterocycles. The van der Waals surface area contributed by atoms with Gasteiger partial charge >= 0.3 is 0 Å². The number of hydrogen-bond donors (Lipinski definition) is 1. The molecule has 0 aliphatic carbocycles. The van der Waals surface area contributed by atoms with E-state index in [1.54, 1.807) is 11.8 Å². The second kappa shape index (κ2) is 4.14. The third kappa shape index (κ3) is 1.81. The van der Waals surface area contributed by atoms with E-state index in [0.29, 0.717) is 12.3 Å². The van der Waals surface area contributed by atoms with Crippen LogP contribution in [-0.2, 0) is 4.79 Å². The van der Waals surface area contributed by atoms with Crippen molar-refractivity contribution in [2.75, 3.05) is 17.2 Å². The van der Waals surface area contributed by atoms with Gasteiger partial charge in [-0.1, -0.05) is 12.1 Å². The van der Waals surface area contributed by atoms with Crippen LogP contribution in [0.15, 0.2) is 24.3 Å². The predicted octanol–water partition coefficient (Wildman–Crippen LogP) is 1.73. The molecule has 1 aliphatic rings. The molecule has 3 nitrogen and oxygen atoms in total. The van der Waals surface area contributed by atoms with Crippen LogP contribution in [-0.4, -0.2) is 24.3 Å². The molecule has 1 aromatic rings. The second-order valence-corrected chi connectivity index (χ2v) is 3.89. The van der Waals surface area contributed by atoms with Crippen LogP contribution in [0.2, 0.25) is 0 Å². The van der Waals surface area contributed by atoms with Gasteiger partial charge < -0.3 is 9.64 Å². The van der Waals surface area contributed by atoms with Crippen molar-refractivity contribution in [1.82, 2.24) is 0 Å². The molecule has 0 spiro atoms. The van der Waals surface area contributed by atoms with Crippen molar-refractivity contribution < 1.29 is 9.53 Å². The van der Waals surface area contributed by atoms with E-state index in [1.165, 1.54) is 0 Å². The minimum atomic E-state index is -0.403. The molecule has 2 rings (SSSR count). The van der Waals surface area contributed by atoms with Crippen molar-refractivity contribution >= 4 is 24.2 Å². The Kier molecular flexibility index (Phi) is 2.86. The maximum absolute atomic E-state index is 11.8. The van der Waals surface area contributed by atoms with Crippen LogP contribution in [0.5, 0.6) is 5.75 Å². The molecule has 0 N–H and O–H groups in total. The number of fused-ring (bicyclic) bond motifs is 1. The Hall–Kier alpha value is -1.16. The van der Waals surface area contributed by atoms with E-state index in [0.717, 1.165) is 11.4 Å². The minimum Gasteiger partial charge on any atom is -0.479 e. The number of para-hydroxylation sites is 2. The van der Waals surface area contributed by atoms with Crippen LogP contribution in [0.3, 0.4) is 0 Å². The fourth-order valence-electron chi connectivity index (χ4n) is 1.69. The number of carbonyl (C=O) groups excluding carboxylic acids is 1. The minimum absolute atomic E-state index is 0.00255. The molecule has 1 heterocycles. The molecule has 1 atom stereocenters. The first kappa shape index (κ1) is 10.4. The quantitative estimate of drug-likeness (QED) is 0.774. The van der Waals surface area contributed by atoms with E-state index in [4.69, 9.17) is 4.74 Å². The molecule has 1 amide bonds. The van der Waals surface area contributed by atoms with Crippen LogP contribution >= 0.6 is 12.6 Å². The predicted molar refractivity (Wildman–Crippen MR) is 62.7 cm³/mol. The first-order chi connectivity index (χ1) is 7.24. The van der Waals surface area contributed by atoms with Crippen molar-refractivity contribution in [1.29, 1.82) is 0 Å². The molecule has 1 unspecified atom stereocenters. The molecule has 0 bridgehead atoms. The Labute approximate surface area is 94.4 Å². The van der Waals surface area contributed by atoms with Crippen LogP contribution < -0.4 is 9.64 Å². The van der Waals surface area contributed by atoms with E-state index in [9.17, 15) is 4.79 Å². The van der Waals surface area contributed by atoms with Crippen molar-refractivity contribution in [3.05, 3.63) is 24.3 Å². The van der Waals surface area contributed by atoms with Crippen LogP contribution in [0.25, 0.3) is 0 Å². The summed E-state index contributed by atoms with van der Waals surface area (Å²) in [6, 6.07) is 7.57. The molecule has 0 radical (unpaired) electrons. The monoisotopic (exact) mass is 223 g/mol. The van der Waals surface area contributed by atoms with Crippen molar-refractivity contribution in [3.63, 3.8) is 0 Å². The topological polar surface area (TPSA) is 29.5 Å². The normalized spacial score (nSPS) is 19.7. The van der Waals surface area contributed by atoms with Gasteiger partial charge in [-0.15, -0.1) is 0 Å². The third-order valence-corrected chi connectivity index (χ3v) is 2.60. The largest absolute Gasteiger partial charge is 0.479 e. The van der Waals surface area contributed by atoms with Crippen LogP contribution in [0.1, 0.15) is 6.92 Å². The number of amides is 1. The lowest BCUT2D eigenvalue weighted by molar-refractivity contribution is -0.125. The SMILES string of the molecule is CC1Oc2ccccc2N(CCS)C1=O. The van der Waals surface area contributed by atoms with Gasteiger partial charge in [-0.3, -0.25) is 4.79 Å². The fraction of sp³-hybridized carbons (Fsp3) is 0.364. The fourth-order valence-corrected chi connectivity index (χ4v) is 1.89. The van der Waals surface area contributed by atoms with Crippen molar-refractivity contribution in [3.8, 4) is 5.75 Å². The summed E-state index contributed by atoms with van der Waals surface area (Å²) in [6.45, 7) is 2.39. The van der Waals surface area contributed by atoms with Gasteiger partial charge in [0.25, 0.3) is 5.91 Å². The summed E-state index contributed by atoms with van der Waals surface area (Å²) >= 11 is 4.16. The summed E-state index contributed by atoms with van der Waals surface area (Å²) in [4.78, 5) is 13.6. The lowest BCUT2D eigenvalue weighted by Crippen LogP contribution is -2.45. The molecule has 1 aliphatic heterocycles. The Morgan fingerprint density at radius 1 is 1.47 bits per heavy atom. The number of carbonyl (C=O) groups is 1. The highest BCUT2D eigenvalue weighted by atomic mass is 32.1. The number of anilines is 1. The molecule has 0 aromatic heterocycles. The van der Waals surface area contributed by atoms with Gasteiger partial charge in [0.1, 0.15) is 5.75 Å². The molecular weight excluding hydrogens is 210 g/mol. The van der Waals surface area contributed by atoms with Gasteiger partial charge in [0.2, 0.25) is 0 Å². The highest BCUT2D eigenvalue weighted by molar-refractivity contribution is 7.80. The molecular formula is C11H13NO2S. The second-order valence-electron chi connectivity index (χ2n) is 3.44. The van der Waals surface area contributed by atoms with E-state index >= 15 is 0 Å². The average Bonchev–Trinajstić information content (AvgIpc) is 2.25. The average molecular weight is 223 g/mol. The summed E-state index contributed by atoms with van der Waals surface area (Å²) in [5, 5.41) is 0. The lowest BCUT2D eigenvalue weighted by atomic mass is 10.2. The maximum atomic E-state index is 11.8. The van der Waals surface area contributed by atoms with Crippen molar-refractivity contribution in [2.24, 2.45) is 0 Å². The summed E-state index contributed by atoms with van der Waals surface area (Å²) in [5.74, 6) is 1.42. The molecule has 15 heavy (non-hydrogen) atoms. The Morgan fingerprint density at radius 3 is 2.93 bits per heavy atom. The number of thiol groups is 1. The zero-order valence-electron chi connectivity index (χ0n) is 8.51. The summed E-state index contributed by atoms with van der Waals surface area (Å²) in [7, 11) is 0.